The highest BCUT2D eigenvalue weighted by molar-refractivity contribution is 5.74. The van der Waals surface area contributed by atoms with Gasteiger partial charge in [0.1, 0.15) is 0 Å². The smallest absolute Gasteiger partial charge is 0.220 e. The van der Waals surface area contributed by atoms with E-state index < -0.39 is 0 Å². The van der Waals surface area contributed by atoms with Crippen LogP contribution in [0.2, 0.25) is 0 Å². The lowest BCUT2D eigenvalue weighted by Gasteiger charge is -1.99. The van der Waals surface area contributed by atoms with Crippen LogP contribution in [0.1, 0.15) is 19.8 Å². The molecule has 0 fully saturated rings. The maximum atomic E-state index is 10.6. The first-order valence-corrected chi connectivity index (χ1v) is 3.81. The molecule has 0 aromatic heterocycles. The van der Waals surface area contributed by atoms with Crippen LogP contribution in [-0.4, -0.2) is 17.6 Å². The molecule has 0 aromatic rings. The molecule has 1 unspecified atom stereocenters. The van der Waals surface area contributed by atoms with E-state index in [1.54, 1.807) is 0 Å². The van der Waals surface area contributed by atoms with Crippen LogP contribution in [0, 0.1) is 5.92 Å². The molecular weight excluding hydrogens is 142 g/mol. The summed E-state index contributed by atoms with van der Waals surface area (Å²) in [5.41, 5.74) is 0.955. The number of hydrogen-bond acceptors (Lipinski definition) is 2. The molecule has 0 bridgehead atoms. The number of aliphatic hydroxyl groups excluding tert-OH is 1. The summed E-state index contributed by atoms with van der Waals surface area (Å²) in [6, 6.07) is 0. The number of rotatable bonds is 2. The molecule has 1 rings (SSSR count). The van der Waals surface area contributed by atoms with E-state index in [1.165, 1.54) is 6.92 Å². The first-order chi connectivity index (χ1) is 5.22. The first kappa shape index (κ1) is 8.27. The van der Waals surface area contributed by atoms with Gasteiger partial charge >= 0.3 is 0 Å². The number of nitrogens with one attached hydrogen (secondary N) is 1. The molecule has 2 N–H and O–H groups in total. The Morgan fingerprint density at radius 1 is 1.91 bits per heavy atom. The van der Waals surface area contributed by atoms with Crippen LogP contribution in [0.4, 0.5) is 0 Å². The van der Waals surface area contributed by atoms with Gasteiger partial charge in [0.05, 0.1) is 0 Å². The lowest BCUT2D eigenvalue weighted by atomic mass is 10.1. The minimum absolute atomic E-state index is 0.0326. The average Bonchev–Trinajstić information content (AvgIpc) is 2.34. The lowest BCUT2D eigenvalue weighted by molar-refractivity contribution is -0.118. The Kier molecular flexibility index (Phi) is 2.65. The molecule has 1 amide bonds. The molecule has 0 saturated carbocycles. The molecule has 0 radical (unpaired) electrons. The zero-order chi connectivity index (χ0) is 8.27. The van der Waals surface area contributed by atoms with Gasteiger partial charge in [-0.15, -0.1) is 0 Å². The van der Waals surface area contributed by atoms with E-state index in [4.69, 9.17) is 5.11 Å². The topological polar surface area (TPSA) is 49.3 Å². The normalized spacial score (nSPS) is 23.1. The molecule has 0 heterocycles. The van der Waals surface area contributed by atoms with Crippen molar-refractivity contribution in [1.82, 2.24) is 5.32 Å². The third-order valence-corrected chi connectivity index (χ3v) is 1.79. The number of hydrogen-bond donors (Lipinski definition) is 2. The van der Waals surface area contributed by atoms with Crippen LogP contribution in [0.5, 0.6) is 0 Å². The molecule has 1 aliphatic carbocycles. The standard InChI is InChI=1S/C8H13NO2/c1-6(11)9-8-3-2-7(4-8)5-10/h4,7,10H,2-3,5H2,1H3,(H,9,11). The van der Waals surface area contributed by atoms with Crippen LogP contribution >= 0.6 is 0 Å². The molecule has 3 heteroatoms. The molecule has 0 aromatic carbocycles. The third kappa shape index (κ3) is 2.35. The summed E-state index contributed by atoms with van der Waals surface area (Å²) < 4.78 is 0. The number of aliphatic hydroxyl groups is 1. The summed E-state index contributed by atoms with van der Waals surface area (Å²) in [7, 11) is 0. The van der Waals surface area contributed by atoms with Gasteiger partial charge in [0.25, 0.3) is 0 Å². The molecule has 3 nitrogen and oxygen atoms in total. The molecular formula is C8H13NO2. The van der Waals surface area contributed by atoms with Crippen LogP contribution in [0.3, 0.4) is 0 Å². The van der Waals surface area contributed by atoms with E-state index in [9.17, 15) is 4.79 Å². The van der Waals surface area contributed by atoms with Gasteiger partial charge in [-0.05, 0) is 12.8 Å². The van der Waals surface area contributed by atoms with E-state index in [1.807, 2.05) is 6.08 Å². The summed E-state index contributed by atoms with van der Waals surface area (Å²) in [5.74, 6) is 0.215. The second-order valence-corrected chi connectivity index (χ2v) is 2.85. The van der Waals surface area contributed by atoms with Crippen LogP contribution in [0.15, 0.2) is 11.8 Å². The van der Waals surface area contributed by atoms with E-state index >= 15 is 0 Å². The third-order valence-electron chi connectivity index (χ3n) is 1.79. The van der Waals surface area contributed by atoms with Gasteiger partial charge in [-0.25, -0.2) is 0 Å². The zero-order valence-corrected chi connectivity index (χ0v) is 6.63. The number of carbonyl (C=O) groups excluding carboxylic acids is 1. The molecule has 1 aliphatic rings. The highest BCUT2D eigenvalue weighted by Crippen LogP contribution is 2.21. The van der Waals surface area contributed by atoms with E-state index in [0.29, 0.717) is 0 Å². The highest BCUT2D eigenvalue weighted by Gasteiger charge is 2.14. The van der Waals surface area contributed by atoms with Crippen molar-refractivity contribution in [3.05, 3.63) is 11.8 Å². The second-order valence-electron chi connectivity index (χ2n) is 2.85. The predicted octanol–water partition coefficient (Wildman–Crippen LogP) is 0.409. The lowest BCUT2D eigenvalue weighted by Crippen LogP contribution is -2.17. The van der Waals surface area contributed by atoms with E-state index in [2.05, 4.69) is 5.32 Å². The first-order valence-electron chi connectivity index (χ1n) is 3.81. The van der Waals surface area contributed by atoms with Crippen molar-refractivity contribution in [3.63, 3.8) is 0 Å². The zero-order valence-electron chi connectivity index (χ0n) is 6.63. The van der Waals surface area contributed by atoms with Crippen molar-refractivity contribution in [3.8, 4) is 0 Å². The summed E-state index contributed by atoms with van der Waals surface area (Å²) in [6.07, 6.45) is 3.76. The Hall–Kier alpha value is -0.830. The van der Waals surface area contributed by atoms with Crippen molar-refractivity contribution >= 4 is 5.91 Å². The molecule has 11 heavy (non-hydrogen) atoms. The van der Waals surface area contributed by atoms with Crippen molar-refractivity contribution in [2.75, 3.05) is 6.61 Å². The van der Waals surface area contributed by atoms with Crippen LogP contribution in [-0.2, 0) is 4.79 Å². The minimum Gasteiger partial charge on any atom is -0.396 e. The SMILES string of the molecule is CC(=O)NC1=CC(CO)CC1. The van der Waals surface area contributed by atoms with Crippen LogP contribution < -0.4 is 5.32 Å². The van der Waals surface area contributed by atoms with E-state index in [-0.39, 0.29) is 18.4 Å². The fourth-order valence-corrected chi connectivity index (χ4v) is 1.27. The van der Waals surface area contributed by atoms with Gasteiger partial charge < -0.3 is 10.4 Å². The number of carbonyl (C=O) groups is 1. The van der Waals surface area contributed by atoms with Gasteiger partial charge in [-0.3, -0.25) is 4.79 Å². The van der Waals surface area contributed by atoms with Gasteiger partial charge in [-0.2, -0.15) is 0 Å². The summed E-state index contributed by atoms with van der Waals surface area (Å²) in [5, 5.41) is 11.5. The van der Waals surface area contributed by atoms with Gasteiger partial charge in [0.15, 0.2) is 0 Å². The fraction of sp³-hybridized carbons (Fsp3) is 0.625. The Balaban J connectivity index is 2.42. The molecule has 62 valence electrons. The summed E-state index contributed by atoms with van der Waals surface area (Å²) >= 11 is 0. The highest BCUT2D eigenvalue weighted by atomic mass is 16.3. The minimum atomic E-state index is -0.0326. The van der Waals surface area contributed by atoms with Gasteiger partial charge in [-0.1, -0.05) is 6.08 Å². The maximum absolute atomic E-state index is 10.6. The molecule has 1 atom stereocenters. The van der Waals surface area contributed by atoms with Crippen molar-refractivity contribution in [1.29, 1.82) is 0 Å². The molecule has 0 saturated heterocycles. The maximum Gasteiger partial charge on any atom is 0.220 e. The Bertz CT molecular complexity index is 187. The second kappa shape index (κ2) is 3.53. The van der Waals surface area contributed by atoms with Crippen molar-refractivity contribution in [2.24, 2.45) is 5.92 Å². The number of amides is 1. The summed E-state index contributed by atoms with van der Waals surface area (Å²) in [4.78, 5) is 10.6. The van der Waals surface area contributed by atoms with Crippen molar-refractivity contribution in [2.45, 2.75) is 19.8 Å². The summed E-state index contributed by atoms with van der Waals surface area (Å²) in [6.45, 7) is 1.68. The largest absolute Gasteiger partial charge is 0.396 e. The van der Waals surface area contributed by atoms with Gasteiger partial charge in [0, 0.05) is 25.1 Å². The van der Waals surface area contributed by atoms with Crippen LogP contribution in [0.25, 0.3) is 0 Å². The number of allylic oxidation sites excluding steroid dienone is 1. The molecule has 0 spiro atoms. The monoisotopic (exact) mass is 155 g/mol. The Labute approximate surface area is 66.1 Å². The Morgan fingerprint density at radius 3 is 3.09 bits per heavy atom. The predicted molar refractivity (Wildman–Crippen MR) is 41.7 cm³/mol. The fourth-order valence-electron chi connectivity index (χ4n) is 1.27. The van der Waals surface area contributed by atoms with Crippen molar-refractivity contribution < 1.29 is 9.90 Å². The van der Waals surface area contributed by atoms with Gasteiger partial charge in [0.2, 0.25) is 5.91 Å². The quantitative estimate of drug-likeness (QED) is 0.606. The Morgan fingerprint density at radius 2 is 2.64 bits per heavy atom. The van der Waals surface area contributed by atoms with E-state index in [0.717, 1.165) is 18.5 Å². The average molecular weight is 155 g/mol. The molecule has 0 aliphatic heterocycles.